The minimum absolute atomic E-state index is 0.614. The van der Waals surface area contributed by atoms with Crippen LogP contribution in [0.1, 0.15) is 18.3 Å². The van der Waals surface area contributed by atoms with Gasteiger partial charge in [-0.3, -0.25) is 4.68 Å². The largest absolute Gasteiger partial charge is 0.307 e. The molecule has 0 unspecified atom stereocenters. The number of aryl methyl sites for hydroxylation is 2. The smallest absolute Gasteiger partial charge is 0.166 e. The first-order chi connectivity index (χ1) is 8.74. The van der Waals surface area contributed by atoms with E-state index in [2.05, 4.69) is 15.5 Å². The Balaban J connectivity index is 2.42. The van der Waals surface area contributed by atoms with Gasteiger partial charge in [0, 0.05) is 6.54 Å². The first-order valence-corrected chi connectivity index (χ1v) is 5.89. The van der Waals surface area contributed by atoms with E-state index in [1.54, 1.807) is 0 Å². The number of nitrogens with one attached hydrogen (secondary N) is 1. The highest BCUT2D eigenvalue weighted by Gasteiger charge is 2.10. The molecule has 0 aliphatic heterocycles. The highest BCUT2D eigenvalue weighted by molar-refractivity contribution is 5.98. The van der Waals surface area contributed by atoms with Gasteiger partial charge in [-0.05, 0) is 32.0 Å². The van der Waals surface area contributed by atoms with Gasteiger partial charge in [0.05, 0.1) is 11.4 Å². The molecule has 0 amide bonds. The van der Waals surface area contributed by atoms with Crippen molar-refractivity contribution in [3.05, 3.63) is 47.8 Å². The Hall–Kier alpha value is -2.14. The van der Waals surface area contributed by atoms with E-state index in [4.69, 9.17) is 5.84 Å². The fourth-order valence-electron chi connectivity index (χ4n) is 1.77. The summed E-state index contributed by atoms with van der Waals surface area (Å²) in [6.07, 6.45) is 0. The highest BCUT2D eigenvalue weighted by atomic mass is 15.3. The monoisotopic (exact) mass is 243 g/mol. The lowest BCUT2D eigenvalue weighted by atomic mass is 10.3. The molecular weight excluding hydrogens is 226 g/mol. The number of para-hydroxylation sites is 1. The number of rotatable bonds is 3. The number of amidine groups is 1. The number of benzene rings is 1. The van der Waals surface area contributed by atoms with E-state index >= 15 is 0 Å². The Labute approximate surface area is 106 Å². The van der Waals surface area contributed by atoms with Crippen LogP contribution in [0.2, 0.25) is 0 Å². The molecule has 18 heavy (non-hydrogen) atoms. The molecule has 2 rings (SSSR count). The zero-order chi connectivity index (χ0) is 13.0. The van der Waals surface area contributed by atoms with Crippen LogP contribution in [-0.2, 0) is 6.54 Å². The van der Waals surface area contributed by atoms with Gasteiger partial charge < -0.3 is 5.43 Å². The fourth-order valence-corrected chi connectivity index (χ4v) is 1.77. The van der Waals surface area contributed by atoms with Crippen LogP contribution in [0.15, 0.2) is 41.4 Å². The van der Waals surface area contributed by atoms with Crippen LogP contribution >= 0.6 is 0 Å². The number of hydrogen-bond donors (Lipinski definition) is 2. The van der Waals surface area contributed by atoms with Crippen LogP contribution in [-0.4, -0.2) is 15.6 Å². The molecule has 5 nitrogen and oxygen atoms in total. The molecule has 0 aliphatic carbocycles. The lowest BCUT2D eigenvalue weighted by Gasteiger charge is -2.07. The summed E-state index contributed by atoms with van der Waals surface area (Å²) in [6, 6.07) is 11.7. The lowest BCUT2D eigenvalue weighted by molar-refractivity contribution is 0.645. The van der Waals surface area contributed by atoms with E-state index in [1.165, 1.54) is 0 Å². The lowest BCUT2D eigenvalue weighted by Crippen LogP contribution is -2.32. The van der Waals surface area contributed by atoms with Crippen LogP contribution in [0, 0.1) is 6.92 Å². The van der Waals surface area contributed by atoms with Gasteiger partial charge in [0.15, 0.2) is 5.84 Å². The topological polar surface area (TPSA) is 68.2 Å². The molecule has 0 saturated carbocycles. The van der Waals surface area contributed by atoms with Crippen molar-refractivity contribution in [1.82, 2.24) is 15.2 Å². The summed E-state index contributed by atoms with van der Waals surface area (Å²) in [7, 11) is 0. The van der Waals surface area contributed by atoms with Crippen molar-refractivity contribution in [3.63, 3.8) is 0 Å². The van der Waals surface area contributed by atoms with Crippen molar-refractivity contribution < 1.29 is 0 Å². The number of nitrogens with two attached hydrogens (primary N) is 1. The van der Waals surface area contributed by atoms with Crippen molar-refractivity contribution in [2.24, 2.45) is 10.8 Å². The van der Waals surface area contributed by atoms with Gasteiger partial charge in [-0.15, -0.1) is 0 Å². The van der Waals surface area contributed by atoms with Crippen molar-refractivity contribution in [3.8, 4) is 0 Å². The third-order valence-electron chi connectivity index (χ3n) is 2.58. The van der Waals surface area contributed by atoms with Crippen LogP contribution < -0.4 is 11.3 Å². The van der Waals surface area contributed by atoms with E-state index < -0.39 is 0 Å². The molecule has 94 valence electrons. The number of aliphatic imine (C=N–C) groups is 1. The summed E-state index contributed by atoms with van der Waals surface area (Å²) in [5, 5.41) is 4.38. The number of hydrogen-bond acceptors (Lipinski definition) is 3. The summed E-state index contributed by atoms with van der Waals surface area (Å²) in [5.41, 5.74) is 5.33. The SMILES string of the molecule is CCn1nc(C)cc1C(=Nc1ccccc1)NN. The number of hydrazine groups is 1. The molecule has 1 aromatic heterocycles. The van der Waals surface area contributed by atoms with Crippen molar-refractivity contribution >= 4 is 11.5 Å². The minimum Gasteiger partial charge on any atom is -0.307 e. The van der Waals surface area contributed by atoms with Crippen molar-refractivity contribution in [1.29, 1.82) is 0 Å². The predicted octanol–water partition coefficient (Wildman–Crippen LogP) is 1.75. The Bertz CT molecular complexity index is 542. The van der Waals surface area contributed by atoms with Crippen molar-refractivity contribution in [2.75, 3.05) is 0 Å². The molecule has 0 saturated heterocycles. The Morgan fingerprint density at radius 3 is 2.72 bits per heavy atom. The maximum Gasteiger partial charge on any atom is 0.166 e. The molecule has 0 spiro atoms. The average molecular weight is 243 g/mol. The van der Waals surface area contributed by atoms with Gasteiger partial charge in [-0.2, -0.15) is 5.10 Å². The molecule has 1 heterocycles. The molecule has 0 fully saturated rings. The molecule has 3 N–H and O–H groups in total. The molecule has 0 atom stereocenters. The predicted molar refractivity (Wildman–Crippen MR) is 72.6 cm³/mol. The van der Waals surface area contributed by atoms with E-state index in [1.807, 2.05) is 54.9 Å². The van der Waals surface area contributed by atoms with E-state index in [-0.39, 0.29) is 0 Å². The average Bonchev–Trinajstić information content (AvgIpc) is 2.78. The van der Waals surface area contributed by atoms with Gasteiger partial charge >= 0.3 is 0 Å². The van der Waals surface area contributed by atoms with Gasteiger partial charge in [0.2, 0.25) is 0 Å². The van der Waals surface area contributed by atoms with Crippen LogP contribution in [0.3, 0.4) is 0 Å². The van der Waals surface area contributed by atoms with Gasteiger partial charge in [-0.1, -0.05) is 18.2 Å². The maximum atomic E-state index is 5.56. The molecule has 1 aromatic carbocycles. The Morgan fingerprint density at radius 1 is 1.39 bits per heavy atom. The van der Waals surface area contributed by atoms with Crippen molar-refractivity contribution in [2.45, 2.75) is 20.4 Å². The zero-order valence-electron chi connectivity index (χ0n) is 10.6. The molecule has 0 aliphatic rings. The van der Waals surface area contributed by atoms with E-state index in [0.29, 0.717) is 5.84 Å². The van der Waals surface area contributed by atoms with Crippen LogP contribution in [0.25, 0.3) is 0 Å². The summed E-state index contributed by atoms with van der Waals surface area (Å²) >= 11 is 0. The molecule has 2 aromatic rings. The zero-order valence-corrected chi connectivity index (χ0v) is 10.6. The fraction of sp³-hybridized carbons (Fsp3) is 0.231. The standard InChI is InChI=1S/C13H17N5/c1-3-18-12(9-10(2)17-18)13(16-14)15-11-7-5-4-6-8-11/h4-9H,3,14H2,1-2H3,(H,15,16). The molecule has 5 heteroatoms. The second kappa shape index (κ2) is 5.46. The second-order valence-corrected chi connectivity index (χ2v) is 3.93. The Morgan fingerprint density at radius 2 is 2.11 bits per heavy atom. The number of aromatic nitrogens is 2. The maximum absolute atomic E-state index is 5.56. The summed E-state index contributed by atoms with van der Waals surface area (Å²) in [5.74, 6) is 6.18. The normalized spacial score (nSPS) is 11.6. The van der Waals surface area contributed by atoms with Gasteiger partial charge in [0.1, 0.15) is 5.69 Å². The third-order valence-corrected chi connectivity index (χ3v) is 2.58. The highest BCUT2D eigenvalue weighted by Crippen LogP contribution is 2.12. The molecule has 0 radical (unpaired) electrons. The first kappa shape index (κ1) is 12.3. The summed E-state index contributed by atoms with van der Waals surface area (Å²) in [6.45, 7) is 4.76. The summed E-state index contributed by atoms with van der Waals surface area (Å²) < 4.78 is 1.87. The van der Waals surface area contributed by atoms with Crippen LogP contribution in [0.5, 0.6) is 0 Å². The number of nitrogens with zero attached hydrogens (tertiary/aromatic N) is 3. The third kappa shape index (κ3) is 2.57. The molecular formula is C13H17N5. The van der Waals surface area contributed by atoms with E-state index in [0.717, 1.165) is 23.6 Å². The van der Waals surface area contributed by atoms with Crippen LogP contribution in [0.4, 0.5) is 5.69 Å². The minimum atomic E-state index is 0.614. The van der Waals surface area contributed by atoms with Gasteiger partial charge in [-0.25, -0.2) is 10.8 Å². The second-order valence-electron chi connectivity index (χ2n) is 3.93. The molecule has 0 bridgehead atoms. The summed E-state index contributed by atoms with van der Waals surface area (Å²) in [4.78, 5) is 4.49. The van der Waals surface area contributed by atoms with E-state index in [9.17, 15) is 0 Å². The van der Waals surface area contributed by atoms with Gasteiger partial charge in [0.25, 0.3) is 0 Å². The Kier molecular flexibility index (Phi) is 3.74. The first-order valence-electron chi connectivity index (χ1n) is 5.89. The quantitative estimate of drug-likeness (QED) is 0.373.